The van der Waals surface area contributed by atoms with Crippen LogP contribution in [0.25, 0.3) is 0 Å². The maximum absolute atomic E-state index is 12.1. The lowest BCUT2D eigenvalue weighted by Crippen LogP contribution is -2.17. The molecule has 0 radical (unpaired) electrons. The van der Waals surface area contributed by atoms with Crippen LogP contribution < -0.4 is 10.1 Å². The van der Waals surface area contributed by atoms with Crippen LogP contribution in [0.5, 0.6) is 5.75 Å². The minimum absolute atomic E-state index is 0.0256. The number of ether oxygens (including phenoxy) is 2. The zero-order chi connectivity index (χ0) is 17.8. The number of nitrogens with one attached hydrogen (secondary N) is 1. The van der Waals surface area contributed by atoms with Crippen molar-refractivity contribution < 1.29 is 19.1 Å². The Morgan fingerprint density at radius 1 is 1.25 bits per heavy atom. The number of carbonyl (C=O) groups excluding carboxylic acids is 2. The van der Waals surface area contributed by atoms with Crippen molar-refractivity contribution in [3.05, 3.63) is 36.0 Å². The fraction of sp³-hybridized carbons (Fsp3) is 0.444. The Morgan fingerprint density at radius 3 is 2.67 bits per heavy atom. The third-order valence-electron chi connectivity index (χ3n) is 3.08. The molecule has 0 atom stereocenters. The second-order valence-corrected chi connectivity index (χ2v) is 5.92. The first-order valence-electron chi connectivity index (χ1n) is 8.01. The molecule has 1 rings (SSSR count). The van der Waals surface area contributed by atoms with Crippen molar-refractivity contribution in [1.29, 1.82) is 0 Å². The molecule has 0 aromatic heterocycles. The van der Waals surface area contributed by atoms with E-state index in [1.165, 1.54) is 6.20 Å². The number of esters is 1. The van der Waals surface area contributed by atoms with Crippen LogP contribution in [0.15, 0.2) is 36.0 Å². The zero-order valence-corrected chi connectivity index (χ0v) is 15.3. The van der Waals surface area contributed by atoms with E-state index < -0.39 is 5.97 Å². The van der Waals surface area contributed by atoms with Crippen LogP contribution in [0.2, 0.25) is 0 Å². The first-order valence-corrected chi connectivity index (χ1v) is 9.41. The zero-order valence-electron chi connectivity index (χ0n) is 14.5. The van der Waals surface area contributed by atoms with E-state index in [4.69, 9.17) is 9.47 Å². The van der Waals surface area contributed by atoms with E-state index in [0.717, 1.165) is 5.75 Å². The van der Waals surface area contributed by atoms with Gasteiger partial charge in [-0.25, -0.2) is 4.79 Å². The summed E-state index contributed by atoms with van der Waals surface area (Å²) in [5, 5.41) is 3.00. The summed E-state index contributed by atoms with van der Waals surface area (Å²) in [5.41, 5.74) is 0.724. The molecule has 0 amide bonds. The Hall–Kier alpha value is -1.95. The van der Waals surface area contributed by atoms with E-state index in [1.807, 2.05) is 37.4 Å². The number of rotatable bonds is 11. The van der Waals surface area contributed by atoms with E-state index >= 15 is 0 Å². The Balaban J connectivity index is 2.92. The van der Waals surface area contributed by atoms with Gasteiger partial charge < -0.3 is 14.8 Å². The van der Waals surface area contributed by atoms with Crippen molar-refractivity contribution in [2.24, 2.45) is 0 Å². The van der Waals surface area contributed by atoms with Crippen molar-refractivity contribution in [3.63, 3.8) is 0 Å². The predicted octanol–water partition coefficient (Wildman–Crippen LogP) is 3.66. The highest BCUT2D eigenvalue weighted by atomic mass is 32.2. The van der Waals surface area contributed by atoms with Gasteiger partial charge in [0.2, 0.25) is 0 Å². The van der Waals surface area contributed by atoms with Gasteiger partial charge in [0.15, 0.2) is 5.78 Å². The molecule has 0 spiro atoms. The summed E-state index contributed by atoms with van der Waals surface area (Å²) in [7, 11) is 0. The molecule has 132 valence electrons. The number of carbonyl (C=O) groups is 2. The van der Waals surface area contributed by atoms with E-state index in [1.54, 1.807) is 18.7 Å². The third-order valence-corrected chi connectivity index (χ3v) is 3.65. The van der Waals surface area contributed by atoms with Crippen molar-refractivity contribution in [2.45, 2.75) is 26.7 Å². The van der Waals surface area contributed by atoms with Gasteiger partial charge in [-0.2, -0.15) is 11.8 Å². The van der Waals surface area contributed by atoms with Crippen LogP contribution in [0.1, 0.15) is 26.7 Å². The summed E-state index contributed by atoms with van der Waals surface area (Å²) < 4.78 is 10.7. The quantitative estimate of drug-likeness (QED) is 0.216. The highest BCUT2D eigenvalue weighted by Gasteiger charge is 2.18. The lowest BCUT2D eigenvalue weighted by molar-refractivity contribution is -0.140. The first-order chi connectivity index (χ1) is 11.6. The molecular weight excluding hydrogens is 326 g/mol. The fourth-order valence-corrected chi connectivity index (χ4v) is 2.17. The van der Waals surface area contributed by atoms with Gasteiger partial charge in [-0.3, -0.25) is 4.79 Å². The molecule has 0 unspecified atom stereocenters. The standard InChI is InChI=1S/C18H25NO4S/c1-4-8-16(20)14(18(21)22-5-2)13-19-15-9-6-7-10-17(15)23-11-12-24-3/h6-7,9-10,13,19H,4-5,8,11-12H2,1-3H3. The van der Waals surface area contributed by atoms with E-state index in [0.29, 0.717) is 30.9 Å². The van der Waals surface area contributed by atoms with Gasteiger partial charge >= 0.3 is 5.97 Å². The normalized spacial score (nSPS) is 11.0. The number of thioether (sulfide) groups is 1. The second-order valence-electron chi connectivity index (χ2n) is 4.93. The minimum Gasteiger partial charge on any atom is -0.491 e. The second kappa shape index (κ2) is 11.6. The lowest BCUT2D eigenvalue weighted by Gasteiger charge is -2.12. The molecule has 0 aliphatic carbocycles. The molecular formula is C18H25NO4S. The number of para-hydroxylation sites is 2. The molecule has 1 aromatic carbocycles. The van der Waals surface area contributed by atoms with E-state index in [-0.39, 0.29) is 18.0 Å². The van der Waals surface area contributed by atoms with Gasteiger partial charge in [0.05, 0.1) is 18.9 Å². The number of benzene rings is 1. The van der Waals surface area contributed by atoms with Gasteiger partial charge in [0.25, 0.3) is 0 Å². The monoisotopic (exact) mass is 351 g/mol. The maximum Gasteiger partial charge on any atom is 0.343 e. The molecule has 0 aliphatic heterocycles. The fourth-order valence-electron chi connectivity index (χ4n) is 1.92. The van der Waals surface area contributed by atoms with Crippen LogP contribution >= 0.6 is 11.8 Å². The van der Waals surface area contributed by atoms with Crippen LogP contribution in [0, 0.1) is 0 Å². The summed E-state index contributed by atoms with van der Waals surface area (Å²) >= 11 is 1.70. The van der Waals surface area contributed by atoms with Crippen LogP contribution in [0.4, 0.5) is 5.69 Å². The molecule has 1 N–H and O–H groups in total. The molecule has 0 fully saturated rings. The Morgan fingerprint density at radius 2 is 2.00 bits per heavy atom. The van der Waals surface area contributed by atoms with Crippen molar-refractivity contribution >= 4 is 29.2 Å². The highest BCUT2D eigenvalue weighted by Crippen LogP contribution is 2.24. The molecule has 0 aliphatic rings. The highest BCUT2D eigenvalue weighted by molar-refractivity contribution is 7.98. The summed E-state index contributed by atoms with van der Waals surface area (Å²) in [5.74, 6) is 0.718. The molecule has 24 heavy (non-hydrogen) atoms. The van der Waals surface area contributed by atoms with E-state index in [9.17, 15) is 9.59 Å². The van der Waals surface area contributed by atoms with Gasteiger partial charge in [-0.15, -0.1) is 0 Å². The average Bonchev–Trinajstić information content (AvgIpc) is 2.57. The molecule has 0 heterocycles. The number of hydrogen-bond donors (Lipinski definition) is 1. The molecule has 6 heteroatoms. The summed E-state index contributed by atoms with van der Waals surface area (Å²) in [6.07, 6.45) is 4.40. The topological polar surface area (TPSA) is 64.6 Å². The third kappa shape index (κ3) is 6.66. The Labute approximate surface area is 147 Å². The van der Waals surface area contributed by atoms with Crippen LogP contribution in [0.3, 0.4) is 0 Å². The molecule has 1 aromatic rings. The summed E-state index contributed by atoms with van der Waals surface area (Å²) in [6, 6.07) is 7.40. The van der Waals surface area contributed by atoms with Crippen molar-refractivity contribution in [3.8, 4) is 5.75 Å². The first kappa shape index (κ1) is 20.1. The predicted molar refractivity (Wildman–Crippen MR) is 98.6 cm³/mol. The Kier molecular flexibility index (Phi) is 9.68. The lowest BCUT2D eigenvalue weighted by atomic mass is 10.1. The smallest absolute Gasteiger partial charge is 0.343 e. The van der Waals surface area contributed by atoms with Gasteiger partial charge in [-0.1, -0.05) is 19.1 Å². The van der Waals surface area contributed by atoms with Crippen molar-refractivity contribution in [2.75, 3.05) is 30.5 Å². The van der Waals surface area contributed by atoms with Crippen LogP contribution in [-0.4, -0.2) is 37.0 Å². The van der Waals surface area contributed by atoms with Crippen molar-refractivity contribution in [1.82, 2.24) is 0 Å². The van der Waals surface area contributed by atoms with Gasteiger partial charge in [0.1, 0.15) is 11.3 Å². The van der Waals surface area contributed by atoms with Crippen LogP contribution in [-0.2, 0) is 14.3 Å². The largest absolute Gasteiger partial charge is 0.491 e. The van der Waals surface area contributed by atoms with Gasteiger partial charge in [-0.05, 0) is 31.7 Å². The SMILES string of the molecule is CCCC(=O)C(=CNc1ccccc1OCCSC)C(=O)OCC. The average molecular weight is 351 g/mol. The Bertz CT molecular complexity index is 552. The van der Waals surface area contributed by atoms with Gasteiger partial charge in [0, 0.05) is 18.4 Å². The minimum atomic E-state index is -0.607. The molecule has 0 saturated carbocycles. The number of anilines is 1. The maximum atomic E-state index is 12.1. The molecule has 0 saturated heterocycles. The number of ketones is 1. The van der Waals surface area contributed by atoms with E-state index in [2.05, 4.69) is 5.32 Å². The summed E-state index contributed by atoms with van der Waals surface area (Å²) in [4.78, 5) is 24.1. The molecule has 0 bridgehead atoms. The summed E-state index contributed by atoms with van der Waals surface area (Å²) in [6.45, 7) is 4.41. The number of hydrogen-bond acceptors (Lipinski definition) is 6. The number of Topliss-reactive ketones (excluding diaryl/α,β-unsaturated/α-hetero) is 1. The molecule has 5 nitrogen and oxygen atoms in total.